The first-order valence-electron chi connectivity index (χ1n) is 9.21. The molecule has 0 saturated heterocycles. The van der Waals surface area contributed by atoms with E-state index in [-0.39, 0.29) is 11.9 Å². The molecule has 1 amide bonds. The number of hydrogen-bond acceptors (Lipinski definition) is 4. The minimum absolute atomic E-state index is 0.0999. The van der Waals surface area contributed by atoms with Crippen LogP contribution in [0.15, 0.2) is 42.5 Å². The Hall–Kier alpha value is -2.69. The van der Waals surface area contributed by atoms with Crippen molar-refractivity contribution >= 4 is 17.3 Å². The van der Waals surface area contributed by atoms with Crippen LogP contribution in [0.1, 0.15) is 32.3 Å². The summed E-state index contributed by atoms with van der Waals surface area (Å²) in [6.07, 6.45) is 3.05. The molecular formula is C21H26N2O3. The molecule has 0 radical (unpaired) electrons. The third kappa shape index (κ3) is 4.69. The van der Waals surface area contributed by atoms with Crippen molar-refractivity contribution in [1.29, 1.82) is 0 Å². The second-order valence-electron chi connectivity index (χ2n) is 6.51. The summed E-state index contributed by atoms with van der Waals surface area (Å²) in [5, 5.41) is 6.16. The summed E-state index contributed by atoms with van der Waals surface area (Å²) >= 11 is 0. The largest absolute Gasteiger partial charge is 0.490 e. The maximum Gasteiger partial charge on any atom is 0.246 e. The van der Waals surface area contributed by atoms with Gasteiger partial charge in [0.25, 0.3) is 0 Å². The molecule has 3 rings (SSSR count). The van der Waals surface area contributed by atoms with Gasteiger partial charge >= 0.3 is 0 Å². The number of carbonyl (C=O) groups excluding carboxylic acids is 1. The maximum absolute atomic E-state index is 12.5. The van der Waals surface area contributed by atoms with Crippen molar-refractivity contribution in [2.24, 2.45) is 0 Å². The molecule has 0 saturated carbocycles. The van der Waals surface area contributed by atoms with Crippen molar-refractivity contribution in [1.82, 2.24) is 0 Å². The van der Waals surface area contributed by atoms with E-state index in [0.717, 1.165) is 30.7 Å². The van der Waals surface area contributed by atoms with Gasteiger partial charge in [0.1, 0.15) is 6.04 Å². The lowest BCUT2D eigenvalue weighted by Gasteiger charge is -2.16. The molecule has 0 aliphatic carbocycles. The molecule has 1 atom stereocenters. The molecule has 2 aromatic carbocycles. The number of amides is 1. The van der Waals surface area contributed by atoms with Gasteiger partial charge in [0, 0.05) is 23.9 Å². The van der Waals surface area contributed by atoms with Crippen LogP contribution in [0.3, 0.4) is 0 Å². The van der Waals surface area contributed by atoms with E-state index in [2.05, 4.69) is 29.7 Å². The summed E-state index contributed by atoms with van der Waals surface area (Å²) in [6, 6.07) is 13.3. The Morgan fingerprint density at radius 3 is 2.46 bits per heavy atom. The summed E-state index contributed by atoms with van der Waals surface area (Å²) in [7, 11) is 0. The fraction of sp³-hybridized carbons (Fsp3) is 0.381. The Balaban J connectivity index is 1.59. The minimum atomic E-state index is -0.358. The fourth-order valence-electron chi connectivity index (χ4n) is 2.86. The number of aryl methyl sites for hydroxylation is 1. The van der Waals surface area contributed by atoms with Crippen LogP contribution >= 0.6 is 0 Å². The van der Waals surface area contributed by atoms with E-state index < -0.39 is 0 Å². The average Bonchev–Trinajstić information content (AvgIpc) is 2.88. The van der Waals surface area contributed by atoms with E-state index in [9.17, 15) is 4.79 Å². The van der Waals surface area contributed by atoms with E-state index in [0.29, 0.717) is 24.7 Å². The second-order valence-corrected chi connectivity index (χ2v) is 6.51. The zero-order chi connectivity index (χ0) is 18.4. The summed E-state index contributed by atoms with van der Waals surface area (Å²) in [5.41, 5.74) is 2.94. The van der Waals surface area contributed by atoms with Crippen LogP contribution in [0.25, 0.3) is 0 Å². The van der Waals surface area contributed by atoms with Gasteiger partial charge in [-0.2, -0.15) is 0 Å². The van der Waals surface area contributed by atoms with Crippen LogP contribution in [-0.2, 0) is 11.2 Å². The SMILES string of the molecule is CCCc1ccc(NC(C)C(=O)Nc2ccc3c(c2)OCCCO3)cc1. The maximum atomic E-state index is 12.5. The van der Waals surface area contributed by atoms with Crippen molar-refractivity contribution in [3.05, 3.63) is 48.0 Å². The molecule has 0 spiro atoms. The van der Waals surface area contributed by atoms with Gasteiger partial charge in [-0.25, -0.2) is 0 Å². The van der Waals surface area contributed by atoms with Crippen LogP contribution in [0.5, 0.6) is 11.5 Å². The Morgan fingerprint density at radius 2 is 1.73 bits per heavy atom. The average molecular weight is 354 g/mol. The predicted molar refractivity (Wildman–Crippen MR) is 104 cm³/mol. The van der Waals surface area contributed by atoms with E-state index in [1.54, 1.807) is 0 Å². The molecule has 138 valence electrons. The number of fused-ring (bicyclic) bond motifs is 1. The molecule has 1 aliphatic heterocycles. The number of ether oxygens (including phenoxy) is 2. The Morgan fingerprint density at radius 1 is 1.04 bits per heavy atom. The van der Waals surface area contributed by atoms with E-state index in [1.807, 2.05) is 37.3 Å². The summed E-state index contributed by atoms with van der Waals surface area (Å²) < 4.78 is 11.3. The molecule has 26 heavy (non-hydrogen) atoms. The van der Waals surface area contributed by atoms with Crippen molar-refractivity contribution in [3.63, 3.8) is 0 Å². The number of anilines is 2. The number of hydrogen-bond donors (Lipinski definition) is 2. The van der Waals surface area contributed by atoms with Crippen molar-refractivity contribution in [2.75, 3.05) is 23.8 Å². The van der Waals surface area contributed by atoms with Gasteiger partial charge in [-0.3, -0.25) is 4.79 Å². The smallest absolute Gasteiger partial charge is 0.246 e. The van der Waals surface area contributed by atoms with Crippen LogP contribution in [0.2, 0.25) is 0 Å². The van der Waals surface area contributed by atoms with Gasteiger partial charge in [-0.15, -0.1) is 0 Å². The number of nitrogens with one attached hydrogen (secondary N) is 2. The molecule has 2 N–H and O–H groups in total. The van der Waals surface area contributed by atoms with Crippen LogP contribution in [-0.4, -0.2) is 25.2 Å². The highest BCUT2D eigenvalue weighted by Gasteiger charge is 2.15. The molecule has 2 aromatic rings. The Labute approximate surface area is 154 Å². The number of benzene rings is 2. The highest BCUT2D eigenvalue weighted by Crippen LogP contribution is 2.32. The van der Waals surface area contributed by atoms with Gasteiger partial charge in [-0.1, -0.05) is 25.5 Å². The van der Waals surface area contributed by atoms with Gasteiger partial charge < -0.3 is 20.1 Å². The second kappa shape index (κ2) is 8.61. The Bertz CT molecular complexity index is 743. The van der Waals surface area contributed by atoms with E-state index >= 15 is 0 Å². The van der Waals surface area contributed by atoms with Crippen molar-refractivity contribution in [3.8, 4) is 11.5 Å². The normalized spacial score (nSPS) is 14.2. The zero-order valence-corrected chi connectivity index (χ0v) is 15.4. The third-order valence-corrected chi connectivity index (χ3v) is 4.28. The number of rotatable bonds is 6. The van der Waals surface area contributed by atoms with Gasteiger partial charge in [0.05, 0.1) is 13.2 Å². The number of carbonyl (C=O) groups is 1. The topological polar surface area (TPSA) is 59.6 Å². The van der Waals surface area contributed by atoms with Crippen LogP contribution in [0, 0.1) is 0 Å². The summed E-state index contributed by atoms with van der Waals surface area (Å²) in [5.74, 6) is 1.29. The van der Waals surface area contributed by atoms with Crippen LogP contribution in [0.4, 0.5) is 11.4 Å². The van der Waals surface area contributed by atoms with Crippen molar-refractivity contribution in [2.45, 2.75) is 39.2 Å². The van der Waals surface area contributed by atoms with Gasteiger partial charge in [-0.05, 0) is 43.2 Å². The minimum Gasteiger partial charge on any atom is -0.490 e. The molecule has 1 aliphatic rings. The molecule has 0 bridgehead atoms. The molecule has 5 heteroatoms. The Kier molecular flexibility index (Phi) is 6.00. The predicted octanol–water partition coefficient (Wildman–Crippen LogP) is 4.24. The quantitative estimate of drug-likeness (QED) is 0.815. The van der Waals surface area contributed by atoms with Crippen LogP contribution < -0.4 is 20.1 Å². The first-order valence-corrected chi connectivity index (χ1v) is 9.21. The summed E-state index contributed by atoms with van der Waals surface area (Å²) in [6.45, 7) is 5.28. The lowest BCUT2D eigenvalue weighted by molar-refractivity contribution is -0.116. The molecule has 0 aromatic heterocycles. The lowest BCUT2D eigenvalue weighted by Crippen LogP contribution is -2.31. The fourth-order valence-corrected chi connectivity index (χ4v) is 2.86. The standard InChI is InChI=1S/C21H26N2O3/c1-3-5-16-6-8-17(9-7-16)22-15(2)21(24)23-18-10-11-19-20(14-18)26-13-4-12-25-19/h6-11,14-15,22H,3-5,12-13H2,1-2H3,(H,23,24). The van der Waals surface area contributed by atoms with Crippen molar-refractivity contribution < 1.29 is 14.3 Å². The van der Waals surface area contributed by atoms with E-state index in [4.69, 9.17) is 9.47 Å². The van der Waals surface area contributed by atoms with Gasteiger partial charge in [0.15, 0.2) is 11.5 Å². The molecular weight excluding hydrogens is 328 g/mol. The first-order chi connectivity index (χ1) is 12.7. The zero-order valence-electron chi connectivity index (χ0n) is 15.4. The first kappa shape index (κ1) is 18.1. The highest BCUT2D eigenvalue weighted by atomic mass is 16.5. The molecule has 1 unspecified atom stereocenters. The third-order valence-electron chi connectivity index (χ3n) is 4.28. The lowest BCUT2D eigenvalue weighted by atomic mass is 10.1. The summed E-state index contributed by atoms with van der Waals surface area (Å²) in [4.78, 5) is 12.5. The van der Waals surface area contributed by atoms with E-state index in [1.165, 1.54) is 5.56 Å². The molecule has 5 nitrogen and oxygen atoms in total. The highest BCUT2D eigenvalue weighted by molar-refractivity contribution is 5.96. The molecule has 1 heterocycles. The molecule has 0 fully saturated rings. The van der Waals surface area contributed by atoms with Gasteiger partial charge in [0.2, 0.25) is 5.91 Å². The monoisotopic (exact) mass is 354 g/mol.